The molecule has 0 unspecified atom stereocenters. The molecular weight excluding hydrogens is 438 g/mol. The predicted molar refractivity (Wildman–Crippen MR) is 153 cm³/mol. The third kappa shape index (κ3) is 4.05. The van der Waals surface area contributed by atoms with Gasteiger partial charge in [-0.25, -0.2) is 4.68 Å². The van der Waals surface area contributed by atoms with Crippen molar-refractivity contribution in [3.05, 3.63) is 138 Å². The number of para-hydroxylation sites is 2. The summed E-state index contributed by atoms with van der Waals surface area (Å²) in [6, 6.07) is 42.7. The van der Waals surface area contributed by atoms with Crippen LogP contribution in [0.3, 0.4) is 0 Å². The van der Waals surface area contributed by atoms with Crippen LogP contribution in [0, 0.1) is 13.8 Å². The van der Waals surface area contributed by atoms with E-state index < -0.39 is 0 Å². The molecule has 1 aromatic heterocycles. The molecule has 0 aliphatic rings. The van der Waals surface area contributed by atoms with Crippen molar-refractivity contribution in [1.82, 2.24) is 4.68 Å². The summed E-state index contributed by atoms with van der Waals surface area (Å²) in [6.07, 6.45) is 1.94. The van der Waals surface area contributed by atoms with Crippen molar-refractivity contribution < 1.29 is 0 Å². The molecule has 0 N–H and O–H groups in total. The largest absolute Gasteiger partial charge is 0.311 e. The van der Waals surface area contributed by atoms with Gasteiger partial charge in [0.25, 0.3) is 0 Å². The van der Waals surface area contributed by atoms with Gasteiger partial charge in [0.1, 0.15) is 0 Å². The third-order valence-corrected chi connectivity index (χ3v) is 6.61. The molecule has 0 spiro atoms. The molecule has 0 saturated heterocycles. The van der Waals surface area contributed by atoms with Crippen LogP contribution >= 0.6 is 0 Å². The summed E-state index contributed by atoms with van der Waals surface area (Å²) in [5.41, 5.74) is 9.14. The molecule has 6 rings (SSSR count). The Balaban J connectivity index is 1.36. The number of hydrogen-bond acceptors (Lipinski definition) is 2. The van der Waals surface area contributed by atoms with E-state index in [4.69, 9.17) is 5.10 Å². The van der Waals surface area contributed by atoms with Crippen molar-refractivity contribution in [2.24, 2.45) is 5.10 Å². The van der Waals surface area contributed by atoms with E-state index in [0.717, 1.165) is 33.7 Å². The van der Waals surface area contributed by atoms with Crippen LogP contribution < -0.4 is 4.90 Å². The smallest absolute Gasteiger partial charge is 0.0732 e. The van der Waals surface area contributed by atoms with E-state index in [1.165, 1.54) is 21.9 Å². The van der Waals surface area contributed by atoms with E-state index >= 15 is 0 Å². The second-order valence-electron chi connectivity index (χ2n) is 9.19. The molecule has 0 saturated carbocycles. The first kappa shape index (κ1) is 21.9. The number of aromatic nitrogens is 1. The minimum Gasteiger partial charge on any atom is -0.311 e. The minimum absolute atomic E-state index is 1.05. The van der Waals surface area contributed by atoms with Gasteiger partial charge in [0.05, 0.1) is 17.2 Å². The number of benzene rings is 5. The van der Waals surface area contributed by atoms with E-state index in [1.807, 2.05) is 10.9 Å². The zero-order valence-electron chi connectivity index (χ0n) is 20.5. The summed E-state index contributed by atoms with van der Waals surface area (Å²) in [5, 5.41) is 7.31. The van der Waals surface area contributed by atoms with Gasteiger partial charge in [0.15, 0.2) is 0 Å². The van der Waals surface area contributed by atoms with Gasteiger partial charge in [-0.2, -0.15) is 5.10 Å². The molecule has 1 heterocycles. The van der Waals surface area contributed by atoms with Gasteiger partial charge < -0.3 is 4.90 Å². The van der Waals surface area contributed by atoms with Crippen molar-refractivity contribution >= 4 is 45.1 Å². The first-order valence-corrected chi connectivity index (χ1v) is 12.2. The van der Waals surface area contributed by atoms with Gasteiger partial charge in [-0.1, -0.05) is 83.9 Å². The first-order chi connectivity index (χ1) is 17.7. The Labute approximate surface area is 211 Å². The topological polar surface area (TPSA) is 20.5 Å². The first-order valence-electron chi connectivity index (χ1n) is 12.2. The van der Waals surface area contributed by atoms with Gasteiger partial charge in [0.2, 0.25) is 0 Å². The lowest BCUT2D eigenvalue weighted by molar-refractivity contribution is 0.975. The molecule has 0 bridgehead atoms. The lowest BCUT2D eigenvalue weighted by Gasteiger charge is -2.25. The molecule has 0 amide bonds. The fraction of sp³-hybridized carbons (Fsp3) is 0.0606. The molecule has 6 aromatic rings. The van der Waals surface area contributed by atoms with Gasteiger partial charge in [-0.05, 0) is 67.9 Å². The molecule has 0 atom stereocenters. The standard InChI is InChI=1S/C33H27N3/c1-24-11-17-27(18-12-24)35(28-19-13-25(2)14-20-28)29-21-15-26(16-22-29)23-34-36-32-9-5-3-7-30(32)31-8-4-6-10-33(31)36/h3-23H,1-2H3. The van der Waals surface area contributed by atoms with Crippen molar-refractivity contribution in [3.63, 3.8) is 0 Å². The summed E-state index contributed by atoms with van der Waals surface area (Å²) < 4.78 is 2.03. The van der Waals surface area contributed by atoms with Crippen LogP contribution in [0.15, 0.2) is 126 Å². The Morgan fingerprint density at radius 2 is 0.944 bits per heavy atom. The Bertz CT molecular complexity index is 1570. The average Bonchev–Trinajstić information content (AvgIpc) is 3.24. The molecule has 0 fully saturated rings. The van der Waals surface area contributed by atoms with Gasteiger partial charge >= 0.3 is 0 Å². The summed E-state index contributed by atoms with van der Waals surface area (Å²) in [5.74, 6) is 0. The molecule has 174 valence electrons. The number of hydrogen-bond donors (Lipinski definition) is 0. The van der Waals surface area contributed by atoms with Crippen molar-refractivity contribution in [2.75, 3.05) is 4.90 Å². The highest BCUT2D eigenvalue weighted by Gasteiger charge is 2.12. The molecule has 5 aromatic carbocycles. The van der Waals surface area contributed by atoms with E-state index in [1.54, 1.807) is 0 Å². The summed E-state index contributed by atoms with van der Waals surface area (Å²) in [6.45, 7) is 4.23. The van der Waals surface area contributed by atoms with Gasteiger partial charge in [-0.3, -0.25) is 0 Å². The summed E-state index contributed by atoms with van der Waals surface area (Å²) in [7, 11) is 0. The third-order valence-electron chi connectivity index (χ3n) is 6.61. The Morgan fingerprint density at radius 1 is 0.528 bits per heavy atom. The maximum atomic E-state index is 4.88. The summed E-state index contributed by atoms with van der Waals surface area (Å²) >= 11 is 0. The highest BCUT2D eigenvalue weighted by Crippen LogP contribution is 2.35. The maximum absolute atomic E-state index is 4.88. The lowest BCUT2D eigenvalue weighted by Crippen LogP contribution is -2.10. The van der Waals surface area contributed by atoms with Crippen LogP contribution in [0.2, 0.25) is 0 Å². The SMILES string of the molecule is Cc1ccc(N(c2ccc(C)cc2)c2ccc(C=Nn3c4ccccc4c4ccccc43)cc2)cc1. The van der Waals surface area contributed by atoms with E-state index in [2.05, 4.69) is 140 Å². The lowest BCUT2D eigenvalue weighted by atomic mass is 10.1. The van der Waals surface area contributed by atoms with E-state index in [-0.39, 0.29) is 0 Å². The van der Waals surface area contributed by atoms with E-state index in [9.17, 15) is 0 Å². The average molecular weight is 466 g/mol. The van der Waals surface area contributed by atoms with Crippen LogP contribution in [0.1, 0.15) is 16.7 Å². The van der Waals surface area contributed by atoms with Crippen molar-refractivity contribution in [3.8, 4) is 0 Å². The molecule has 0 radical (unpaired) electrons. The molecule has 36 heavy (non-hydrogen) atoms. The highest BCUT2D eigenvalue weighted by molar-refractivity contribution is 6.08. The van der Waals surface area contributed by atoms with Crippen LogP contribution in [0.25, 0.3) is 21.8 Å². The number of fused-ring (bicyclic) bond motifs is 3. The van der Waals surface area contributed by atoms with E-state index in [0.29, 0.717) is 0 Å². The number of nitrogens with zero attached hydrogens (tertiary/aromatic N) is 3. The Morgan fingerprint density at radius 3 is 1.42 bits per heavy atom. The van der Waals surface area contributed by atoms with Crippen LogP contribution in [0.4, 0.5) is 17.1 Å². The fourth-order valence-corrected chi connectivity index (χ4v) is 4.70. The Hall–Kier alpha value is -4.63. The quantitative estimate of drug-likeness (QED) is 0.233. The second kappa shape index (κ2) is 9.20. The second-order valence-corrected chi connectivity index (χ2v) is 9.19. The molecule has 0 aliphatic heterocycles. The Kier molecular flexibility index (Phi) is 5.59. The zero-order chi connectivity index (χ0) is 24.5. The van der Waals surface area contributed by atoms with Gasteiger partial charge in [0, 0.05) is 27.8 Å². The van der Waals surface area contributed by atoms with Crippen LogP contribution in [0.5, 0.6) is 0 Å². The van der Waals surface area contributed by atoms with Crippen molar-refractivity contribution in [2.45, 2.75) is 13.8 Å². The predicted octanol–water partition coefficient (Wildman–Crippen LogP) is 8.76. The van der Waals surface area contributed by atoms with Crippen LogP contribution in [-0.2, 0) is 0 Å². The number of rotatable bonds is 5. The number of aryl methyl sites for hydroxylation is 2. The molecule has 3 nitrogen and oxygen atoms in total. The minimum atomic E-state index is 1.05. The monoisotopic (exact) mass is 465 g/mol. The highest BCUT2D eigenvalue weighted by atomic mass is 15.3. The zero-order valence-corrected chi connectivity index (χ0v) is 20.5. The molecule has 0 aliphatic carbocycles. The normalized spacial score (nSPS) is 11.5. The molecular formula is C33H27N3. The summed E-state index contributed by atoms with van der Waals surface area (Å²) in [4.78, 5) is 2.28. The van der Waals surface area contributed by atoms with Gasteiger partial charge in [-0.15, -0.1) is 0 Å². The van der Waals surface area contributed by atoms with Crippen LogP contribution in [-0.4, -0.2) is 10.9 Å². The fourth-order valence-electron chi connectivity index (χ4n) is 4.70. The maximum Gasteiger partial charge on any atom is 0.0732 e. The number of anilines is 3. The molecule has 3 heteroatoms. The van der Waals surface area contributed by atoms with Crippen molar-refractivity contribution in [1.29, 1.82) is 0 Å².